The molecule has 98 valence electrons. The van der Waals surface area contributed by atoms with Gasteiger partial charge in [0.2, 0.25) is 0 Å². The summed E-state index contributed by atoms with van der Waals surface area (Å²) in [5.41, 5.74) is 0.956. The van der Waals surface area contributed by atoms with Crippen LogP contribution >= 0.6 is 11.3 Å². The van der Waals surface area contributed by atoms with Crippen molar-refractivity contribution in [1.82, 2.24) is 9.97 Å². The van der Waals surface area contributed by atoms with E-state index in [-0.39, 0.29) is 0 Å². The minimum atomic E-state index is 0.956. The fraction of sp³-hybridized carbons (Fsp3) is 0. The van der Waals surface area contributed by atoms with E-state index in [9.17, 15) is 0 Å². The molecule has 3 heteroatoms. The second-order valence-corrected chi connectivity index (χ2v) is 6.24. The number of nitrogens with zero attached hydrogens (tertiary/aromatic N) is 2. The Morgan fingerprint density at radius 2 is 1.67 bits per heavy atom. The van der Waals surface area contributed by atoms with E-state index in [2.05, 4.69) is 52.4 Å². The number of thiophene rings is 1. The molecule has 0 aliphatic heterocycles. The first-order valence-electron chi connectivity index (χ1n) is 6.84. The lowest BCUT2D eigenvalue weighted by Crippen LogP contribution is -1.81. The van der Waals surface area contributed by atoms with Crippen molar-refractivity contribution in [1.29, 1.82) is 0 Å². The lowest BCUT2D eigenvalue weighted by atomic mass is 10.0. The molecule has 0 fully saturated rings. The molecule has 0 N–H and O–H groups in total. The van der Waals surface area contributed by atoms with Crippen LogP contribution in [0.4, 0.5) is 0 Å². The molecule has 0 amide bonds. The molecule has 5 rings (SSSR count). The smallest absolute Gasteiger partial charge is 0.0892 e. The Morgan fingerprint density at radius 1 is 0.762 bits per heavy atom. The van der Waals surface area contributed by atoms with Crippen molar-refractivity contribution < 1.29 is 0 Å². The maximum atomic E-state index is 4.53. The van der Waals surface area contributed by atoms with E-state index >= 15 is 0 Å². The first-order chi connectivity index (χ1) is 10.4. The molecule has 0 bridgehead atoms. The maximum absolute atomic E-state index is 4.53. The highest BCUT2D eigenvalue weighted by molar-refractivity contribution is 7.26. The number of benzene rings is 2. The van der Waals surface area contributed by atoms with Crippen LogP contribution in [0.25, 0.3) is 41.8 Å². The van der Waals surface area contributed by atoms with Crippen molar-refractivity contribution in [3.05, 3.63) is 61.1 Å². The van der Waals surface area contributed by atoms with Crippen molar-refractivity contribution in [3.8, 4) is 0 Å². The Labute approximate surface area is 124 Å². The quantitative estimate of drug-likeness (QED) is 0.393. The van der Waals surface area contributed by atoms with Crippen LogP contribution in [-0.2, 0) is 0 Å². The second-order valence-electron chi connectivity index (χ2n) is 5.15. The van der Waals surface area contributed by atoms with Crippen molar-refractivity contribution in [3.63, 3.8) is 0 Å². The number of rotatable bonds is 0. The van der Waals surface area contributed by atoms with Crippen LogP contribution in [0.15, 0.2) is 61.1 Å². The Bertz CT molecular complexity index is 1050. The van der Waals surface area contributed by atoms with Crippen molar-refractivity contribution >= 4 is 53.2 Å². The highest BCUT2D eigenvalue weighted by Gasteiger charge is 2.12. The van der Waals surface area contributed by atoms with Crippen LogP contribution in [-0.4, -0.2) is 9.97 Å². The Morgan fingerprint density at radius 3 is 2.67 bits per heavy atom. The van der Waals surface area contributed by atoms with Gasteiger partial charge in [-0.2, -0.15) is 0 Å². The van der Waals surface area contributed by atoms with Gasteiger partial charge in [0.25, 0.3) is 0 Å². The summed E-state index contributed by atoms with van der Waals surface area (Å²) in [4.78, 5) is 8.72. The van der Waals surface area contributed by atoms with E-state index in [4.69, 9.17) is 0 Å². The summed E-state index contributed by atoms with van der Waals surface area (Å²) >= 11 is 1.81. The summed E-state index contributed by atoms with van der Waals surface area (Å²) in [5, 5.41) is 6.42. The van der Waals surface area contributed by atoms with Gasteiger partial charge in [0, 0.05) is 33.3 Å². The molecule has 0 radical (unpaired) electrons. The SMILES string of the molecule is c1ccc2c(c1)ccc1sc3cnc4cnccc4c3c12. The number of aromatic nitrogens is 2. The first-order valence-corrected chi connectivity index (χ1v) is 7.66. The van der Waals surface area contributed by atoms with E-state index in [0.717, 1.165) is 5.52 Å². The Hall–Kier alpha value is -2.52. The average Bonchev–Trinajstić information content (AvgIpc) is 2.94. The Kier molecular flexibility index (Phi) is 2.12. The minimum Gasteiger partial charge on any atom is -0.262 e. The third-order valence-corrected chi connectivity index (χ3v) is 5.09. The maximum Gasteiger partial charge on any atom is 0.0892 e. The third kappa shape index (κ3) is 1.46. The highest BCUT2D eigenvalue weighted by atomic mass is 32.1. The number of hydrogen-bond donors (Lipinski definition) is 0. The van der Waals surface area contributed by atoms with Gasteiger partial charge in [0.1, 0.15) is 0 Å². The molecule has 0 aliphatic rings. The van der Waals surface area contributed by atoms with Gasteiger partial charge in [-0.25, -0.2) is 0 Å². The van der Waals surface area contributed by atoms with Crippen LogP contribution < -0.4 is 0 Å². The summed E-state index contributed by atoms with van der Waals surface area (Å²) in [6.07, 6.45) is 5.65. The zero-order valence-electron chi connectivity index (χ0n) is 11.1. The van der Waals surface area contributed by atoms with Gasteiger partial charge in [-0.15, -0.1) is 11.3 Å². The molecule has 0 saturated heterocycles. The molecule has 5 aromatic rings. The van der Waals surface area contributed by atoms with E-state index in [0.29, 0.717) is 0 Å². The summed E-state index contributed by atoms with van der Waals surface area (Å²) in [6.45, 7) is 0. The fourth-order valence-electron chi connectivity index (χ4n) is 3.07. The van der Waals surface area contributed by atoms with Gasteiger partial charge in [0.15, 0.2) is 0 Å². The van der Waals surface area contributed by atoms with Crippen LogP contribution in [0.2, 0.25) is 0 Å². The van der Waals surface area contributed by atoms with Gasteiger partial charge >= 0.3 is 0 Å². The van der Waals surface area contributed by atoms with Gasteiger partial charge in [-0.05, 0) is 22.9 Å². The molecule has 0 saturated carbocycles. The van der Waals surface area contributed by atoms with Crippen LogP contribution in [0.3, 0.4) is 0 Å². The zero-order chi connectivity index (χ0) is 13.8. The summed E-state index contributed by atoms with van der Waals surface area (Å²) in [6, 6.07) is 15.1. The van der Waals surface area contributed by atoms with Gasteiger partial charge < -0.3 is 0 Å². The van der Waals surface area contributed by atoms with E-state index < -0.39 is 0 Å². The molecular weight excluding hydrogens is 276 g/mol. The number of fused-ring (bicyclic) bond motifs is 7. The molecule has 3 heterocycles. The average molecular weight is 286 g/mol. The molecule has 2 aromatic carbocycles. The van der Waals surface area contributed by atoms with Gasteiger partial charge in [-0.1, -0.05) is 30.3 Å². The second kappa shape index (κ2) is 3.99. The van der Waals surface area contributed by atoms with Crippen molar-refractivity contribution in [2.24, 2.45) is 0 Å². The zero-order valence-corrected chi connectivity index (χ0v) is 11.9. The molecule has 0 atom stereocenters. The fourth-order valence-corrected chi connectivity index (χ4v) is 4.18. The molecule has 0 unspecified atom stereocenters. The molecule has 0 aliphatic carbocycles. The molecule has 2 nitrogen and oxygen atoms in total. The van der Waals surface area contributed by atoms with Crippen molar-refractivity contribution in [2.45, 2.75) is 0 Å². The molecule has 3 aromatic heterocycles. The van der Waals surface area contributed by atoms with Crippen LogP contribution in [0, 0.1) is 0 Å². The Balaban J connectivity index is 2.18. The van der Waals surface area contributed by atoms with E-state index in [1.165, 1.54) is 36.3 Å². The van der Waals surface area contributed by atoms with Gasteiger partial charge in [-0.3, -0.25) is 9.97 Å². The van der Waals surface area contributed by atoms with Crippen LogP contribution in [0.5, 0.6) is 0 Å². The normalized spacial score (nSPS) is 11.8. The lowest BCUT2D eigenvalue weighted by Gasteiger charge is -2.02. The summed E-state index contributed by atoms with van der Waals surface area (Å²) < 4.78 is 2.55. The first kappa shape index (κ1) is 11.2. The standard InChI is InChI=1S/C18H10N2S/c1-2-4-12-11(3-1)5-6-15-17(12)18-13-7-8-19-9-14(13)20-10-16(18)21-15/h1-10H. The predicted molar refractivity (Wildman–Crippen MR) is 89.9 cm³/mol. The monoisotopic (exact) mass is 286 g/mol. The summed E-state index contributed by atoms with van der Waals surface area (Å²) in [7, 11) is 0. The third-order valence-electron chi connectivity index (χ3n) is 4.00. The van der Waals surface area contributed by atoms with Crippen molar-refractivity contribution in [2.75, 3.05) is 0 Å². The van der Waals surface area contributed by atoms with Crippen LogP contribution in [0.1, 0.15) is 0 Å². The topological polar surface area (TPSA) is 25.8 Å². The molecular formula is C18H10N2S. The number of hydrogen-bond acceptors (Lipinski definition) is 3. The molecule has 21 heavy (non-hydrogen) atoms. The molecule has 0 spiro atoms. The van der Waals surface area contributed by atoms with Gasteiger partial charge in [0.05, 0.1) is 16.4 Å². The minimum absolute atomic E-state index is 0.956. The highest BCUT2D eigenvalue weighted by Crippen LogP contribution is 2.40. The predicted octanol–water partition coefficient (Wildman–Crippen LogP) is 5.15. The largest absolute Gasteiger partial charge is 0.262 e. The lowest BCUT2D eigenvalue weighted by molar-refractivity contribution is 1.33. The summed E-state index contributed by atoms with van der Waals surface area (Å²) in [5.74, 6) is 0. The number of pyridine rings is 2. The van der Waals surface area contributed by atoms with E-state index in [1.54, 1.807) is 0 Å². The van der Waals surface area contributed by atoms with E-state index in [1.807, 2.05) is 29.9 Å².